The summed E-state index contributed by atoms with van der Waals surface area (Å²) in [6.07, 6.45) is -1.47. The highest BCUT2D eigenvalue weighted by Gasteiger charge is 2.24. The fraction of sp³-hybridized carbons (Fsp3) is 0.308. The summed E-state index contributed by atoms with van der Waals surface area (Å²) in [7, 11) is 1.88. The summed E-state index contributed by atoms with van der Waals surface area (Å²) in [4.78, 5) is 10.9. The van der Waals surface area contributed by atoms with Crippen molar-refractivity contribution < 1.29 is 15.0 Å². The maximum atomic E-state index is 10.9. The van der Waals surface area contributed by atoms with E-state index in [4.69, 9.17) is 5.11 Å². The Kier molecular flexibility index (Phi) is 2.67. The molecule has 1 atom stereocenters. The Hall–Kier alpha value is -1.81. The van der Waals surface area contributed by atoms with Crippen LogP contribution in [0, 0.1) is 13.8 Å². The highest BCUT2D eigenvalue weighted by molar-refractivity contribution is 5.92. The number of para-hydroxylation sites is 1. The molecule has 0 spiro atoms. The lowest BCUT2D eigenvalue weighted by atomic mass is 10.0. The molecule has 4 heteroatoms. The average molecular weight is 233 g/mol. The van der Waals surface area contributed by atoms with Gasteiger partial charge in [-0.3, -0.25) is 0 Å². The number of carboxylic acid groups (broad SMARTS) is 1. The van der Waals surface area contributed by atoms with Crippen LogP contribution in [0.1, 0.15) is 22.9 Å². The quantitative estimate of drug-likeness (QED) is 0.832. The van der Waals surface area contributed by atoms with Gasteiger partial charge in [0.2, 0.25) is 0 Å². The third kappa shape index (κ3) is 1.61. The van der Waals surface area contributed by atoms with Gasteiger partial charge in [0.25, 0.3) is 0 Å². The number of aromatic nitrogens is 1. The van der Waals surface area contributed by atoms with Crippen LogP contribution in [-0.4, -0.2) is 20.7 Å². The van der Waals surface area contributed by atoms with Crippen LogP contribution in [-0.2, 0) is 11.8 Å². The van der Waals surface area contributed by atoms with E-state index in [-0.39, 0.29) is 0 Å². The average Bonchev–Trinajstić information content (AvgIpc) is 2.52. The Balaban J connectivity index is 2.85. The minimum atomic E-state index is -1.47. The third-order valence-corrected chi connectivity index (χ3v) is 3.26. The van der Waals surface area contributed by atoms with Gasteiger partial charge in [-0.15, -0.1) is 0 Å². The number of carbonyl (C=O) groups is 1. The summed E-state index contributed by atoms with van der Waals surface area (Å²) in [6, 6.07) is 5.69. The van der Waals surface area contributed by atoms with E-state index in [1.165, 1.54) is 0 Å². The number of aliphatic carboxylic acids is 1. The van der Waals surface area contributed by atoms with Gasteiger partial charge in [-0.05, 0) is 19.4 Å². The molecule has 0 aliphatic heterocycles. The topological polar surface area (TPSA) is 62.5 Å². The molecule has 1 heterocycles. The van der Waals surface area contributed by atoms with E-state index in [9.17, 15) is 9.90 Å². The van der Waals surface area contributed by atoms with Crippen molar-refractivity contribution >= 4 is 16.9 Å². The molecule has 0 saturated heterocycles. The smallest absolute Gasteiger partial charge is 0.337 e. The van der Waals surface area contributed by atoms with E-state index in [2.05, 4.69) is 0 Å². The van der Waals surface area contributed by atoms with E-state index in [1.807, 2.05) is 43.7 Å². The van der Waals surface area contributed by atoms with Crippen molar-refractivity contribution in [1.82, 2.24) is 4.57 Å². The van der Waals surface area contributed by atoms with Crippen molar-refractivity contribution in [2.24, 2.45) is 7.05 Å². The monoisotopic (exact) mass is 233 g/mol. The number of aryl methyl sites for hydroxylation is 2. The first-order chi connectivity index (χ1) is 7.95. The van der Waals surface area contributed by atoms with Gasteiger partial charge in [0.15, 0.2) is 6.10 Å². The molecule has 1 aromatic heterocycles. The number of rotatable bonds is 2. The molecule has 0 bridgehead atoms. The van der Waals surface area contributed by atoms with Crippen LogP contribution in [0.4, 0.5) is 0 Å². The van der Waals surface area contributed by atoms with Crippen LogP contribution in [0.3, 0.4) is 0 Å². The zero-order valence-corrected chi connectivity index (χ0v) is 10.1. The summed E-state index contributed by atoms with van der Waals surface area (Å²) in [5, 5.41) is 19.5. The number of aliphatic hydroxyl groups is 1. The molecule has 0 saturated carbocycles. The van der Waals surface area contributed by atoms with Gasteiger partial charge in [0, 0.05) is 23.7 Å². The maximum absolute atomic E-state index is 10.9. The fourth-order valence-electron chi connectivity index (χ4n) is 2.33. The zero-order valence-electron chi connectivity index (χ0n) is 10.1. The summed E-state index contributed by atoms with van der Waals surface area (Å²) in [5.41, 5.74) is 3.31. The molecule has 2 N–H and O–H groups in total. The van der Waals surface area contributed by atoms with Crippen molar-refractivity contribution in [1.29, 1.82) is 0 Å². The number of fused-ring (bicyclic) bond motifs is 1. The molecule has 1 aromatic carbocycles. The lowest BCUT2D eigenvalue weighted by Gasteiger charge is -2.06. The van der Waals surface area contributed by atoms with Crippen LogP contribution in [0.15, 0.2) is 18.2 Å². The molecule has 0 radical (unpaired) electrons. The second-order valence-electron chi connectivity index (χ2n) is 4.27. The fourth-order valence-corrected chi connectivity index (χ4v) is 2.33. The first-order valence-electron chi connectivity index (χ1n) is 5.40. The molecule has 17 heavy (non-hydrogen) atoms. The van der Waals surface area contributed by atoms with Crippen molar-refractivity contribution in [2.75, 3.05) is 0 Å². The SMILES string of the molecule is Cc1cccc2c(C(O)C(=O)O)c(C)n(C)c12. The largest absolute Gasteiger partial charge is 0.479 e. The van der Waals surface area contributed by atoms with Gasteiger partial charge in [0.05, 0.1) is 5.52 Å². The van der Waals surface area contributed by atoms with Crippen LogP contribution in [0.5, 0.6) is 0 Å². The van der Waals surface area contributed by atoms with Gasteiger partial charge in [-0.1, -0.05) is 18.2 Å². The first kappa shape index (κ1) is 11.7. The molecule has 0 aliphatic rings. The number of nitrogens with zero attached hydrogens (tertiary/aromatic N) is 1. The second kappa shape index (κ2) is 3.89. The number of hydrogen-bond donors (Lipinski definition) is 2. The van der Waals surface area contributed by atoms with Gasteiger partial charge >= 0.3 is 5.97 Å². The summed E-state index contributed by atoms with van der Waals surface area (Å²) < 4.78 is 1.92. The van der Waals surface area contributed by atoms with Crippen molar-refractivity contribution in [3.05, 3.63) is 35.0 Å². The van der Waals surface area contributed by atoms with Gasteiger partial charge in [-0.25, -0.2) is 4.79 Å². The predicted octanol–water partition coefficient (Wildman–Crippen LogP) is 1.91. The first-order valence-corrected chi connectivity index (χ1v) is 5.40. The van der Waals surface area contributed by atoms with Crippen LogP contribution in [0.2, 0.25) is 0 Å². The molecular weight excluding hydrogens is 218 g/mol. The van der Waals surface area contributed by atoms with E-state index in [0.717, 1.165) is 22.2 Å². The summed E-state index contributed by atoms with van der Waals surface area (Å²) in [5.74, 6) is -1.22. The van der Waals surface area contributed by atoms with Gasteiger partial charge < -0.3 is 14.8 Å². The molecule has 4 nitrogen and oxygen atoms in total. The lowest BCUT2D eigenvalue weighted by molar-refractivity contribution is -0.146. The normalized spacial score (nSPS) is 12.9. The van der Waals surface area contributed by atoms with Crippen molar-refractivity contribution in [2.45, 2.75) is 20.0 Å². The van der Waals surface area contributed by atoms with E-state index >= 15 is 0 Å². The van der Waals surface area contributed by atoms with Gasteiger partial charge in [-0.2, -0.15) is 0 Å². The van der Waals surface area contributed by atoms with Crippen LogP contribution in [0.25, 0.3) is 10.9 Å². The molecule has 2 aromatic rings. The van der Waals surface area contributed by atoms with Crippen molar-refractivity contribution in [3.63, 3.8) is 0 Å². The predicted molar refractivity (Wildman–Crippen MR) is 65.0 cm³/mol. The molecule has 0 fully saturated rings. The summed E-state index contributed by atoms with van der Waals surface area (Å²) >= 11 is 0. The Labute approximate surface area is 99.1 Å². The minimum Gasteiger partial charge on any atom is -0.479 e. The van der Waals surface area contributed by atoms with E-state index in [1.54, 1.807) is 0 Å². The molecular formula is C13H15NO3. The molecule has 1 unspecified atom stereocenters. The summed E-state index contributed by atoms with van der Waals surface area (Å²) in [6.45, 7) is 3.79. The minimum absolute atomic E-state index is 0.485. The Morgan fingerprint density at radius 3 is 2.59 bits per heavy atom. The highest BCUT2D eigenvalue weighted by Crippen LogP contribution is 2.31. The van der Waals surface area contributed by atoms with Crippen LogP contribution < -0.4 is 0 Å². The third-order valence-electron chi connectivity index (χ3n) is 3.26. The Bertz CT molecular complexity index is 598. The number of carboxylic acids is 1. The zero-order chi connectivity index (χ0) is 12.7. The Morgan fingerprint density at radius 2 is 2.00 bits per heavy atom. The molecule has 0 aliphatic carbocycles. The number of benzene rings is 1. The highest BCUT2D eigenvalue weighted by atomic mass is 16.4. The molecule has 90 valence electrons. The number of hydrogen-bond acceptors (Lipinski definition) is 2. The standard InChI is InChI=1S/C13H15NO3/c1-7-5-4-6-9-10(12(15)13(16)17)8(2)14(3)11(7)9/h4-6,12,15H,1-3H3,(H,16,17). The van der Waals surface area contributed by atoms with Crippen LogP contribution >= 0.6 is 0 Å². The Morgan fingerprint density at radius 1 is 1.35 bits per heavy atom. The van der Waals surface area contributed by atoms with Crippen molar-refractivity contribution in [3.8, 4) is 0 Å². The van der Waals surface area contributed by atoms with Gasteiger partial charge in [0.1, 0.15) is 0 Å². The second-order valence-corrected chi connectivity index (χ2v) is 4.27. The van der Waals surface area contributed by atoms with E-state index < -0.39 is 12.1 Å². The van der Waals surface area contributed by atoms with E-state index in [0.29, 0.717) is 5.56 Å². The molecule has 0 amide bonds. The number of aliphatic hydroxyl groups excluding tert-OH is 1. The molecule has 2 rings (SSSR count). The lowest BCUT2D eigenvalue weighted by Crippen LogP contribution is -2.11. The maximum Gasteiger partial charge on any atom is 0.337 e.